The number of aromatic nitrogens is 2. The van der Waals surface area contributed by atoms with Crippen molar-refractivity contribution in [3.05, 3.63) is 45.6 Å². The fraction of sp³-hybridized carbons (Fsp3) is 0.400. The lowest BCUT2D eigenvalue weighted by atomic mass is 10.1. The van der Waals surface area contributed by atoms with Crippen LogP contribution in [0, 0.1) is 17.0 Å². The lowest BCUT2D eigenvalue weighted by Gasteiger charge is -2.19. The molecule has 0 spiro atoms. The van der Waals surface area contributed by atoms with E-state index in [0.29, 0.717) is 18.1 Å². The highest BCUT2D eigenvalue weighted by Crippen LogP contribution is 2.30. The molecule has 7 heteroatoms. The number of ether oxygens (including phenoxy) is 1. The summed E-state index contributed by atoms with van der Waals surface area (Å²) in [5.41, 5.74) is 1.55. The molecular formula is C15H20N4O3. The summed E-state index contributed by atoms with van der Waals surface area (Å²) in [6, 6.07) is 7.78. The molecule has 0 atom stereocenters. The van der Waals surface area contributed by atoms with E-state index >= 15 is 0 Å². The first-order valence-corrected chi connectivity index (χ1v) is 6.96. The van der Waals surface area contributed by atoms with Crippen molar-refractivity contribution in [1.29, 1.82) is 0 Å². The maximum absolute atomic E-state index is 11.2. The zero-order valence-corrected chi connectivity index (χ0v) is 13.2. The van der Waals surface area contributed by atoms with Gasteiger partial charge in [-0.25, -0.2) is 4.68 Å². The van der Waals surface area contributed by atoms with Crippen LogP contribution >= 0.6 is 0 Å². The van der Waals surface area contributed by atoms with E-state index in [1.165, 1.54) is 0 Å². The second-order valence-electron chi connectivity index (χ2n) is 5.12. The van der Waals surface area contributed by atoms with Crippen LogP contribution in [0.15, 0.2) is 24.3 Å². The summed E-state index contributed by atoms with van der Waals surface area (Å²) in [5, 5.41) is 15.4. The summed E-state index contributed by atoms with van der Waals surface area (Å²) in [7, 11) is 5.19. The zero-order chi connectivity index (χ0) is 16.3. The molecule has 2 rings (SSSR count). The highest BCUT2D eigenvalue weighted by atomic mass is 16.6. The third-order valence-corrected chi connectivity index (χ3v) is 3.61. The Hall–Kier alpha value is -2.57. The SMILES string of the molecule is COc1ccccc1CCN(C)c1c([N+](=O)[O-])c(C)nn1C. The van der Waals surface area contributed by atoms with Gasteiger partial charge in [-0.15, -0.1) is 0 Å². The average Bonchev–Trinajstić information content (AvgIpc) is 2.79. The molecule has 1 aromatic carbocycles. The first-order valence-electron chi connectivity index (χ1n) is 6.96. The molecule has 0 amide bonds. The van der Waals surface area contributed by atoms with E-state index in [9.17, 15) is 10.1 Å². The molecule has 0 saturated carbocycles. The number of rotatable bonds is 6. The highest BCUT2D eigenvalue weighted by molar-refractivity contribution is 5.60. The summed E-state index contributed by atoms with van der Waals surface area (Å²) < 4.78 is 6.88. The van der Waals surface area contributed by atoms with Gasteiger partial charge < -0.3 is 9.64 Å². The number of hydrogen-bond acceptors (Lipinski definition) is 5. The van der Waals surface area contributed by atoms with Crippen LogP contribution in [0.5, 0.6) is 5.75 Å². The third kappa shape index (κ3) is 3.03. The Labute approximate surface area is 129 Å². The quantitative estimate of drug-likeness (QED) is 0.605. The van der Waals surface area contributed by atoms with Gasteiger partial charge >= 0.3 is 5.69 Å². The topological polar surface area (TPSA) is 73.4 Å². The van der Waals surface area contributed by atoms with Gasteiger partial charge in [0.15, 0.2) is 0 Å². The van der Waals surface area contributed by atoms with E-state index in [1.54, 1.807) is 25.8 Å². The molecule has 7 nitrogen and oxygen atoms in total. The van der Waals surface area contributed by atoms with Crippen LogP contribution in [0.25, 0.3) is 0 Å². The molecule has 0 bridgehead atoms. The molecule has 1 aromatic heterocycles. The first-order chi connectivity index (χ1) is 10.5. The van der Waals surface area contributed by atoms with Gasteiger partial charge in [0.05, 0.1) is 12.0 Å². The van der Waals surface area contributed by atoms with Crippen molar-refractivity contribution in [1.82, 2.24) is 9.78 Å². The summed E-state index contributed by atoms with van der Waals surface area (Å²) in [5.74, 6) is 1.34. The minimum absolute atomic E-state index is 0.0602. The van der Waals surface area contributed by atoms with Gasteiger partial charge in [0.1, 0.15) is 11.4 Å². The second-order valence-corrected chi connectivity index (χ2v) is 5.12. The van der Waals surface area contributed by atoms with E-state index in [1.807, 2.05) is 36.2 Å². The zero-order valence-electron chi connectivity index (χ0n) is 13.2. The standard InChI is InChI=1S/C15H20N4O3/c1-11-14(19(20)21)15(18(3)16-11)17(2)10-9-12-7-5-6-8-13(12)22-4/h5-8H,9-10H2,1-4H3. The van der Waals surface area contributed by atoms with Gasteiger partial charge in [0, 0.05) is 20.6 Å². The smallest absolute Gasteiger partial charge is 0.333 e. The lowest BCUT2D eigenvalue weighted by molar-refractivity contribution is -0.384. The number of benzene rings is 1. The predicted molar refractivity (Wildman–Crippen MR) is 84.6 cm³/mol. The van der Waals surface area contributed by atoms with Crippen LogP contribution < -0.4 is 9.64 Å². The van der Waals surface area contributed by atoms with E-state index in [4.69, 9.17) is 4.74 Å². The van der Waals surface area contributed by atoms with Gasteiger partial charge in [0.2, 0.25) is 5.82 Å². The highest BCUT2D eigenvalue weighted by Gasteiger charge is 2.26. The third-order valence-electron chi connectivity index (χ3n) is 3.61. The largest absolute Gasteiger partial charge is 0.496 e. The van der Waals surface area contributed by atoms with Gasteiger partial charge in [-0.1, -0.05) is 18.2 Å². The monoisotopic (exact) mass is 304 g/mol. The number of likely N-dealkylation sites (N-methyl/N-ethyl adjacent to an activating group) is 1. The average molecular weight is 304 g/mol. The van der Waals surface area contributed by atoms with Crippen LogP contribution in [-0.4, -0.2) is 35.4 Å². The van der Waals surface area contributed by atoms with Crippen molar-refractivity contribution in [2.75, 3.05) is 25.6 Å². The first kappa shape index (κ1) is 15.8. The van der Waals surface area contributed by atoms with Gasteiger partial charge in [0.25, 0.3) is 0 Å². The minimum atomic E-state index is -0.378. The van der Waals surface area contributed by atoms with E-state index in [2.05, 4.69) is 5.10 Å². The summed E-state index contributed by atoms with van der Waals surface area (Å²) in [4.78, 5) is 12.7. The molecule has 0 aliphatic rings. The Morgan fingerprint density at radius 3 is 2.73 bits per heavy atom. The number of nitrogens with zero attached hydrogens (tertiary/aromatic N) is 4. The Morgan fingerprint density at radius 2 is 2.09 bits per heavy atom. The van der Waals surface area contributed by atoms with Crippen LogP contribution in [-0.2, 0) is 13.5 Å². The molecule has 118 valence electrons. The van der Waals surface area contributed by atoms with Crippen LogP contribution in [0.4, 0.5) is 11.5 Å². The van der Waals surface area contributed by atoms with Gasteiger partial charge in [-0.2, -0.15) is 5.10 Å². The van der Waals surface area contributed by atoms with Crippen molar-refractivity contribution in [3.8, 4) is 5.75 Å². The predicted octanol–water partition coefficient (Wildman–Crippen LogP) is 2.32. The number of anilines is 1. The van der Waals surface area contributed by atoms with Crippen molar-refractivity contribution in [2.45, 2.75) is 13.3 Å². The number of para-hydroxylation sites is 1. The van der Waals surface area contributed by atoms with Crippen LogP contribution in [0.3, 0.4) is 0 Å². The number of methoxy groups -OCH3 is 1. The van der Waals surface area contributed by atoms with Gasteiger partial charge in [-0.05, 0) is 25.0 Å². The maximum atomic E-state index is 11.2. The summed E-state index contributed by atoms with van der Waals surface area (Å²) in [6.07, 6.45) is 0.724. The van der Waals surface area contributed by atoms with E-state index in [-0.39, 0.29) is 10.6 Å². The summed E-state index contributed by atoms with van der Waals surface area (Å²) in [6.45, 7) is 2.27. The number of nitro groups is 1. The maximum Gasteiger partial charge on any atom is 0.333 e. The van der Waals surface area contributed by atoms with Gasteiger partial charge in [-0.3, -0.25) is 10.1 Å². The molecule has 0 aliphatic heterocycles. The fourth-order valence-electron chi connectivity index (χ4n) is 2.58. The van der Waals surface area contributed by atoms with Crippen molar-refractivity contribution in [3.63, 3.8) is 0 Å². The van der Waals surface area contributed by atoms with Crippen molar-refractivity contribution >= 4 is 11.5 Å². The molecule has 22 heavy (non-hydrogen) atoms. The molecule has 0 unspecified atom stereocenters. The molecule has 0 N–H and O–H groups in total. The Bertz CT molecular complexity index is 681. The van der Waals surface area contributed by atoms with E-state index < -0.39 is 0 Å². The molecule has 0 fully saturated rings. The Morgan fingerprint density at radius 1 is 1.41 bits per heavy atom. The number of aryl methyl sites for hydroxylation is 2. The Balaban J connectivity index is 2.20. The van der Waals surface area contributed by atoms with Crippen molar-refractivity contribution in [2.24, 2.45) is 7.05 Å². The molecule has 2 aromatic rings. The molecule has 0 saturated heterocycles. The summed E-state index contributed by atoms with van der Waals surface area (Å²) >= 11 is 0. The lowest BCUT2D eigenvalue weighted by Crippen LogP contribution is -2.23. The Kier molecular flexibility index (Phi) is 4.65. The molecule has 1 heterocycles. The fourth-order valence-corrected chi connectivity index (χ4v) is 2.58. The number of hydrogen-bond donors (Lipinski definition) is 0. The van der Waals surface area contributed by atoms with Crippen LogP contribution in [0.2, 0.25) is 0 Å². The van der Waals surface area contributed by atoms with Crippen molar-refractivity contribution < 1.29 is 9.66 Å². The molecular weight excluding hydrogens is 284 g/mol. The van der Waals surface area contributed by atoms with E-state index in [0.717, 1.165) is 17.7 Å². The van der Waals surface area contributed by atoms with Crippen LogP contribution in [0.1, 0.15) is 11.3 Å². The minimum Gasteiger partial charge on any atom is -0.496 e. The normalized spacial score (nSPS) is 10.5. The molecule has 0 radical (unpaired) electrons. The molecule has 0 aliphatic carbocycles. The second kappa shape index (κ2) is 6.46.